The number of nitrogens with two attached hydrogens (primary N) is 1. The van der Waals surface area contributed by atoms with E-state index >= 15 is 0 Å². The fraction of sp³-hybridized carbons (Fsp3) is 0.533. The second-order valence-electron chi connectivity index (χ2n) is 5.02. The van der Waals surface area contributed by atoms with Crippen molar-refractivity contribution >= 4 is 30.7 Å². The maximum atomic E-state index is 11.4. The normalized spacial score (nSPS) is 14.6. The molecule has 1 aromatic carbocycles. The fourth-order valence-electron chi connectivity index (χ4n) is 2.28. The van der Waals surface area contributed by atoms with Gasteiger partial charge in [-0.15, -0.1) is 24.8 Å². The summed E-state index contributed by atoms with van der Waals surface area (Å²) in [6.07, 6.45) is 0.382. The Balaban J connectivity index is 0.00000220. The third-order valence-corrected chi connectivity index (χ3v) is 3.36. The van der Waals surface area contributed by atoms with E-state index in [4.69, 9.17) is 10.5 Å². The summed E-state index contributed by atoms with van der Waals surface area (Å²) < 4.78 is 5.35. The van der Waals surface area contributed by atoms with Gasteiger partial charge in [0, 0.05) is 39.1 Å². The minimum absolute atomic E-state index is 0. The van der Waals surface area contributed by atoms with Gasteiger partial charge in [0.05, 0.1) is 13.2 Å². The molecule has 1 fully saturated rings. The predicted molar refractivity (Wildman–Crippen MR) is 92.6 cm³/mol. The van der Waals surface area contributed by atoms with Gasteiger partial charge in [-0.1, -0.05) is 24.3 Å². The average molecular weight is 350 g/mol. The van der Waals surface area contributed by atoms with Crippen LogP contribution in [-0.4, -0.2) is 43.7 Å². The second kappa shape index (κ2) is 11.7. The van der Waals surface area contributed by atoms with Crippen molar-refractivity contribution in [2.45, 2.75) is 19.5 Å². The van der Waals surface area contributed by atoms with Gasteiger partial charge in [-0.2, -0.15) is 0 Å². The zero-order chi connectivity index (χ0) is 14.2. The van der Waals surface area contributed by atoms with Crippen LogP contribution < -0.4 is 11.1 Å². The molecule has 1 amide bonds. The lowest BCUT2D eigenvalue weighted by molar-refractivity contribution is -0.121. The van der Waals surface area contributed by atoms with E-state index in [2.05, 4.69) is 22.3 Å². The van der Waals surface area contributed by atoms with E-state index < -0.39 is 0 Å². The number of hydrogen-bond donors (Lipinski definition) is 2. The van der Waals surface area contributed by atoms with Crippen LogP contribution in [0.25, 0.3) is 0 Å². The van der Waals surface area contributed by atoms with Crippen molar-refractivity contribution in [1.82, 2.24) is 10.2 Å². The number of amides is 1. The summed E-state index contributed by atoms with van der Waals surface area (Å²) in [5.41, 5.74) is 7.75. The Kier molecular flexibility index (Phi) is 11.2. The molecule has 126 valence electrons. The molecule has 0 aliphatic carbocycles. The van der Waals surface area contributed by atoms with Gasteiger partial charge >= 0.3 is 0 Å². The molecule has 1 aromatic rings. The molecular weight excluding hydrogens is 325 g/mol. The number of nitrogens with zero attached hydrogens (tertiary/aromatic N) is 1. The highest BCUT2D eigenvalue weighted by Gasteiger charge is 2.10. The van der Waals surface area contributed by atoms with Crippen molar-refractivity contribution in [2.24, 2.45) is 5.73 Å². The Morgan fingerprint density at radius 2 is 1.91 bits per heavy atom. The van der Waals surface area contributed by atoms with E-state index in [0.717, 1.165) is 38.4 Å². The quantitative estimate of drug-likeness (QED) is 0.812. The lowest BCUT2D eigenvalue weighted by atomic mass is 10.1. The highest BCUT2D eigenvalue weighted by atomic mass is 35.5. The molecule has 0 spiro atoms. The van der Waals surface area contributed by atoms with Crippen molar-refractivity contribution in [2.75, 3.05) is 32.8 Å². The second-order valence-corrected chi connectivity index (χ2v) is 5.02. The third kappa shape index (κ3) is 7.42. The molecule has 7 heteroatoms. The van der Waals surface area contributed by atoms with Crippen LogP contribution in [0.15, 0.2) is 24.3 Å². The van der Waals surface area contributed by atoms with Crippen LogP contribution in [0, 0.1) is 0 Å². The summed E-state index contributed by atoms with van der Waals surface area (Å²) in [4.78, 5) is 13.8. The van der Waals surface area contributed by atoms with Crippen LogP contribution in [-0.2, 0) is 22.6 Å². The number of carbonyl (C=O) groups excluding carboxylic acids is 1. The average Bonchev–Trinajstić information content (AvgIpc) is 2.47. The first-order valence-electron chi connectivity index (χ1n) is 7.12. The van der Waals surface area contributed by atoms with Crippen molar-refractivity contribution in [1.29, 1.82) is 0 Å². The number of carbonyl (C=O) groups is 1. The molecule has 22 heavy (non-hydrogen) atoms. The van der Waals surface area contributed by atoms with Gasteiger partial charge in [-0.25, -0.2) is 0 Å². The molecule has 1 heterocycles. The van der Waals surface area contributed by atoms with Gasteiger partial charge in [-0.05, 0) is 11.1 Å². The topological polar surface area (TPSA) is 67.6 Å². The highest BCUT2D eigenvalue weighted by molar-refractivity contribution is 5.85. The number of hydrogen-bond acceptors (Lipinski definition) is 4. The summed E-state index contributed by atoms with van der Waals surface area (Å²) in [7, 11) is 0. The van der Waals surface area contributed by atoms with E-state index in [1.807, 2.05) is 12.1 Å². The van der Waals surface area contributed by atoms with Gasteiger partial charge in [-0.3, -0.25) is 9.69 Å². The SMILES string of the molecule is Cl.Cl.NCCC(=O)NCc1cccc(CN2CCOCC2)c1. The fourth-order valence-corrected chi connectivity index (χ4v) is 2.28. The first-order chi connectivity index (χ1) is 9.78. The Morgan fingerprint density at radius 3 is 2.59 bits per heavy atom. The van der Waals surface area contributed by atoms with E-state index in [1.54, 1.807) is 0 Å². The van der Waals surface area contributed by atoms with Gasteiger partial charge < -0.3 is 15.8 Å². The summed E-state index contributed by atoms with van der Waals surface area (Å²) in [6.45, 7) is 5.49. The minimum atomic E-state index is 0. The number of nitrogens with one attached hydrogen (secondary N) is 1. The van der Waals surface area contributed by atoms with E-state index in [0.29, 0.717) is 19.5 Å². The molecule has 5 nitrogen and oxygen atoms in total. The summed E-state index contributed by atoms with van der Waals surface area (Å²) in [5.74, 6) is 0.00563. The molecule has 0 unspecified atom stereocenters. The van der Waals surface area contributed by atoms with Crippen molar-refractivity contribution in [3.8, 4) is 0 Å². The molecular formula is C15H25Cl2N3O2. The minimum Gasteiger partial charge on any atom is -0.379 e. The van der Waals surface area contributed by atoms with Gasteiger partial charge in [0.1, 0.15) is 0 Å². The molecule has 0 bridgehead atoms. The first-order valence-corrected chi connectivity index (χ1v) is 7.12. The lowest BCUT2D eigenvalue weighted by Crippen LogP contribution is -2.35. The Hall–Kier alpha value is -0.850. The molecule has 0 saturated carbocycles. The highest BCUT2D eigenvalue weighted by Crippen LogP contribution is 2.10. The van der Waals surface area contributed by atoms with Gasteiger partial charge in [0.2, 0.25) is 5.91 Å². The van der Waals surface area contributed by atoms with Crippen LogP contribution in [0.1, 0.15) is 17.5 Å². The number of rotatable bonds is 6. The largest absolute Gasteiger partial charge is 0.379 e. The maximum absolute atomic E-state index is 11.4. The van der Waals surface area contributed by atoms with Crippen LogP contribution in [0.2, 0.25) is 0 Å². The van der Waals surface area contributed by atoms with Crippen molar-refractivity contribution in [3.63, 3.8) is 0 Å². The van der Waals surface area contributed by atoms with Crippen LogP contribution in [0.5, 0.6) is 0 Å². The Bertz CT molecular complexity index is 441. The molecule has 2 rings (SSSR count). The number of benzene rings is 1. The summed E-state index contributed by atoms with van der Waals surface area (Å²) >= 11 is 0. The van der Waals surface area contributed by atoms with Gasteiger partial charge in [0.25, 0.3) is 0 Å². The Labute approximate surface area is 144 Å². The van der Waals surface area contributed by atoms with E-state index in [9.17, 15) is 4.79 Å². The number of morpholine rings is 1. The van der Waals surface area contributed by atoms with Crippen LogP contribution >= 0.6 is 24.8 Å². The monoisotopic (exact) mass is 349 g/mol. The molecule has 1 aliphatic heterocycles. The smallest absolute Gasteiger partial charge is 0.221 e. The summed E-state index contributed by atoms with van der Waals surface area (Å²) in [5, 5.41) is 2.88. The lowest BCUT2D eigenvalue weighted by Gasteiger charge is -2.26. The van der Waals surface area contributed by atoms with Crippen molar-refractivity contribution in [3.05, 3.63) is 35.4 Å². The zero-order valence-corrected chi connectivity index (χ0v) is 14.3. The molecule has 0 radical (unpaired) electrons. The van der Waals surface area contributed by atoms with Crippen LogP contribution in [0.3, 0.4) is 0 Å². The third-order valence-electron chi connectivity index (χ3n) is 3.36. The number of ether oxygens (including phenoxy) is 1. The van der Waals surface area contributed by atoms with Gasteiger partial charge in [0.15, 0.2) is 0 Å². The summed E-state index contributed by atoms with van der Waals surface area (Å²) in [6, 6.07) is 8.35. The van der Waals surface area contributed by atoms with Crippen LogP contribution in [0.4, 0.5) is 0 Å². The molecule has 1 saturated heterocycles. The maximum Gasteiger partial charge on any atom is 0.221 e. The Morgan fingerprint density at radius 1 is 1.23 bits per heavy atom. The molecule has 0 aromatic heterocycles. The first kappa shape index (κ1) is 21.1. The van der Waals surface area contributed by atoms with E-state index in [-0.39, 0.29) is 30.7 Å². The van der Waals surface area contributed by atoms with E-state index in [1.165, 1.54) is 5.56 Å². The predicted octanol–water partition coefficient (Wildman–Crippen LogP) is 1.33. The molecule has 3 N–H and O–H groups in total. The number of halogens is 2. The molecule has 1 aliphatic rings. The molecule has 0 atom stereocenters. The van der Waals surface area contributed by atoms with Crippen molar-refractivity contribution < 1.29 is 9.53 Å². The standard InChI is InChI=1S/C15H23N3O2.2ClH/c16-5-4-15(19)17-11-13-2-1-3-14(10-13)12-18-6-8-20-9-7-18;;/h1-3,10H,4-9,11-12,16H2,(H,17,19);2*1H. The zero-order valence-electron chi connectivity index (χ0n) is 12.6.